The Balaban J connectivity index is 2.22. The number of rotatable bonds is 7. The first kappa shape index (κ1) is 14.6. The standard InChI is InChI=1S/C12H24N2O2S/c1-10(7-17-3)14-11(15)13-8-12(9-16-2)5-4-6-12/h10H,4-9H2,1-3H3,(H2,13,14,15)/t10-/m1/s1. The Morgan fingerprint density at radius 1 is 1.53 bits per heavy atom. The van der Waals surface area contributed by atoms with Crippen molar-refractivity contribution in [3.63, 3.8) is 0 Å². The summed E-state index contributed by atoms with van der Waals surface area (Å²) in [7, 11) is 1.72. The largest absolute Gasteiger partial charge is 0.384 e. The minimum atomic E-state index is -0.0612. The second-order valence-electron chi connectivity index (χ2n) is 4.97. The molecule has 1 saturated carbocycles. The lowest BCUT2D eigenvalue weighted by molar-refractivity contribution is 0.0200. The molecule has 0 radical (unpaired) electrons. The minimum Gasteiger partial charge on any atom is -0.384 e. The highest BCUT2D eigenvalue weighted by molar-refractivity contribution is 7.98. The van der Waals surface area contributed by atoms with Crippen molar-refractivity contribution >= 4 is 17.8 Å². The van der Waals surface area contributed by atoms with Crippen LogP contribution in [0.4, 0.5) is 4.79 Å². The van der Waals surface area contributed by atoms with Crippen LogP contribution in [0.3, 0.4) is 0 Å². The zero-order valence-electron chi connectivity index (χ0n) is 11.0. The molecule has 0 unspecified atom stereocenters. The number of urea groups is 1. The lowest BCUT2D eigenvalue weighted by Crippen LogP contribution is -2.49. The Kier molecular flexibility index (Phi) is 6.12. The van der Waals surface area contributed by atoms with Crippen molar-refractivity contribution in [1.82, 2.24) is 10.6 Å². The first-order valence-corrected chi connectivity index (χ1v) is 7.53. The lowest BCUT2D eigenvalue weighted by Gasteiger charge is -2.41. The Labute approximate surface area is 108 Å². The molecule has 0 saturated heterocycles. The molecule has 0 aromatic heterocycles. The van der Waals surface area contributed by atoms with Gasteiger partial charge in [-0.3, -0.25) is 0 Å². The van der Waals surface area contributed by atoms with Gasteiger partial charge in [-0.1, -0.05) is 6.42 Å². The maximum absolute atomic E-state index is 11.6. The van der Waals surface area contributed by atoms with Gasteiger partial charge in [-0.25, -0.2) is 4.79 Å². The highest BCUT2D eigenvalue weighted by Gasteiger charge is 2.37. The molecule has 2 amide bonds. The van der Waals surface area contributed by atoms with E-state index in [4.69, 9.17) is 4.74 Å². The van der Waals surface area contributed by atoms with Gasteiger partial charge in [-0.05, 0) is 26.0 Å². The molecule has 2 N–H and O–H groups in total. The van der Waals surface area contributed by atoms with Crippen molar-refractivity contribution in [2.24, 2.45) is 5.41 Å². The van der Waals surface area contributed by atoms with E-state index in [1.807, 2.05) is 13.2 Å². The van der Waals surface area contributed by atoms with Crippen molar-refractivity contribution < 1.29 is 9.53 Å². The Morgan fingerprint density at radius 2 is 2.24 bits per heavy atom. The summed E-state index contributed by atoms with van der Waals surface area (Å²) in [4.78, 5) is 11.6. The van der Waals surface area contributed by atoms with Gasteiger partial charge < -0.3 is 15.4 Å². The Morgan fingerprint density at radius 3 is 2.71 bits per heavy atom. The molecule has 1 aliphatic carbocycles. The molecule has 100 valence electrons. The number of carbonyl (C=O) groups excluding carboxylic acids is 1. The summed E-state index contributed by atoms with van der Waals surface area (Å²) in [6.07, 6.45) is 5.59. The molecule has 0 heterocycles. The van der Waals surface area contributed by atoms with E-state index >= 15 is 0 Å². The molecule has 1 atom stereocenters. The molecule has 0 spiro atoms. The average molecular weight is 260 g/mol. The zero-order chi connectivity index (χ0) is 12.7. The molecule has 1 fully saturated rings. The molecule has 4 nitrogen and oxygen atoms in total. The van der Waals surface area contributed by atoms with E-state index in [9.17, 15) is 4.79 Å². The Hall–Kier alpha value is -0.420. The van der Waals surface area contributed by atoms with E-state index in [-0.39, 0.29) is 17.5 Å². The number of nitrogens with one attached hydrogen (secondary N) is 2. The maximum atomic E-state index is 11.6. The van der Waals surface area contributed by atoms with Crippen LogP contribution in [0, 0.1) is 5.41 Å². The van der Waals surface area contributed by atoms with E-state index in [0.717, 1.165) is 31.7 Å². The van der Waals surface area contributed by atoms with Crippen LogP contribution < -0.4 is 10.6 Å². The van der Waals surface area contributed by atoms with E-state index < -0.39 is 0 Å². The zero-order valence-corrected chi connectivity index (χ0v) is 11.9. The van der Waals surface area contributed by atoms with Crippen molar-refractivity contribution in [3.8, 4) is 0 Å². The first-order valence-electron chi connectivity index (χ1n) is 6.14. The SMILES string of the molecule is COCC1(CNC(=O)N[C@H](C)CSC)CCC1. The number of carbonyl (C=O) groups is 1. The predicted octanol–water partition coefficient (Wildman–Crippen LogP) is 1.85. The van der Waals surface area contributed by atoms with E-state index in [0.29, 0.717) is 0 Å². The summed E-state index contributed by atoms with van der Waals surface area (Å²) < 4.78 is 5.23. The van der Waals surface area contributed by atoms with Crippen LogP contribution in [-0.4, -0.2) is 44.3 Å². The monoisotopic (exact) mass is 260 g/mol. The first-order chi connectivity index (χ1) is 8.12. The predicted molar refractivity (Wildman–Crippen MR) is 72.5 cm³/mol. The van der Waals surface area contributed by atoms with Gasteiger partial charge in [0.25, 0.3) is 0 Å². The number of ether oxygens (including phenoxy) is 1. The topological polar surface area (TPSA) is 50.4 Å². The van der Waals surface area contributed by atoms with Gasteiger partial charge in [0.05, 0.1) is 6.61 Å². The van der Waals surface area contributed by atoms with Gasteiger partial charge in [0.2, 0.25) is 0 Å². The van der Waals surface area contributed by atoms with Gasteiger partial charge in [-0.2, -0.15) is 11.8 Å². The van der Waals surface area contributed by atoms with Gasteiger partial charge in [0.1, 0.15) is 0 Å². The third-order valence-corrected chi connectivity index (χ3v) is 4.12. The van der Waals surface area contributed by atoms with Crippen LogP contribution in [0.5, 0.6) is 0 Å². The van der Waals surface area contributed by atoms with Crippen LogP contribution in [-0.2, 0) is 4.74 Å². The van der Waals surface area contributed by atoms with Crippen molar-refractivity contribution in [1.29, 1.82) is 0 Å². The van der Waals surface area contributed by atoms with Crippen LogP contribution in [0.2, 0.25) is 0 Å². The second-order valence-corrected chi connectivity index (χ2v) is 5.88. The lowest BCUT2D eigenvalue weighted by atomic mass is 9.69. The fourth-order valence-electron chi connectivity index (χ4n) is 2.19. The van der Waals surface area contributed by atoms with Crippen LogP contribution in [0.1, 0.15) is 26.2 Å². The third kappa shape index (κ3) is 4.76. The number of hydrogen-bond donors (Lipinski definition) is 2. The van der Waals surface area contributed by atoms with Crippen LogP contribution >= 0.6 is 11.8 Å². The van der Waals surface area contributed by atoms with Crippen LogP contribution in [0.15, 0.2) is 0 Å². The molecule has 1 aliphatic rings. The number of hydrogen-bond acceptors (Lipinski definition) is 3. The second kappa shape index (κ2) is 7.11. The molecule has 0 aliphatic heterocycles. The van der Waals surface area contributed by atoms with Crippen molar-refractivity contribution in [3.05, 3.63) is 0 Å². The molecule has 0 aromatic carbocycles. The summed E-state index contributed by atoms with van der Waals surface area (Å²) in [5.74, 6) is 0.941. The number of amides is 2. The normalized spacial score (nSPS) is 19.2. The van der Waals surface area contributed by atoms with Crippen molar-refractivity contribution in [2.75, 3.05) is 32.3 Å². The van der Waals surface area contributed by atoms with Gasteiger partial charge >= 0.3 is 6.03 Å². The minimum absolute atomic E-state index is 0.0612. The van der Waals surface area contributed by atoms with Crippen molar-refractivity contribution in [2.45, 2.75) is 32.2 Å². The fraction of sp³-hybridized carbons (Fsp3) is 0.917. The number of thioether (sulfide) groups is 1. The molecular weight excluding hydrogens is 236 g/mol. The van der Waals surface area contributed by atoms with Gasteiger partial charge in [-0.15, -0.1) is 0 Å². The molecule has 0 aromatic rings. The summed E-state index contributed by atoms with van der Waals surface area (Å²) >= 11 is 1.74. The Bertz CT molecular complexity index is 245. The quantitative estimate of drug-likeness (QED) is 0.734. The average Bonchev–Trinajstić information content (AvgIpc) is 2.22. The summed E-state index contributed by atoms with van der Waals surface area (Å²) in [5, 5.41) is 5.89. The third-order valence-electron chi connectivity index (χ3n) is 3.28. The van der Waals surface area contributed by atoms with Gasteiger partial charge in [0.15, 0.2) is 0 Å². The molecular formula is C12H24N2O2S. The molecule has 17 heavy (non-hydrogen) atoms. The smallest absolute Gasteiger partial charge is 0.315 e. The number of methoxy groups -OCH3 is 1. The van der Waals surface area contributed by atoms with Crippen LogP contribution in [0.25, 0.3) is 0 Å². The summed E-state index contributed by atoms with van der Waals surface area (Å²) in [6, 6.07) is 0.152. The highest BCUT2D eigenvalue weighted by atomic mass is 32.2. The summed E-state index contributed by atoms with van der Waals surface area (Å²) in [5.41, 5.74) is 0.189. The van der Waals surface area contributed by atoms with E-state index in [2.05, 4.69) is 10.6 Å². The van der Waals surface area contributed by atoms with Gasteiger partial charge in [0, 0.05) is 30.9 Å². The molecule has 5 heteroatoms. The molecule has 1 rings (SSSR count). The fourth-order valence-corrected chi connectivity index (χ4v) is 2.77. The molecule has 0 bridgehead atoms. The summed E-state index contributed by atoms with van der Waals surface area (Å²) in [6.45, 7) is 3.48. The van der Waals surface area contributed by atoms with E-state index in [1.54, 1.807) is 18.9 Å². The maximum Gasteiger partial charge on any atom is 0.315 e. The highest BCUT2D eigenvalue weighted by Crippen LogP contribution is 2.40. The van der Waals surface area contributed by atoms with E-state index in [1.165, 1.54) is 6.42 Å².